The average Bonchev–Trinajstić information content (AvgIpc) is 3.68. The van der Waals surface area contributed by atoms with Crippen molar-refractivity contribution in [2.24, 2.45) is 5.73 Å². The van der Waals surface area contributed by atoms with E-state index in [-0.39, 0.29) is 46.7 Å². The first-order chi connectivity index (χ1) is 20.2. The number of carbonyl (C=O) groups excluding carboxylic acids is 3. The van der Waals surface area contributed by atoms with Gasteiger partial charge in [0.25, 0.3) is 11.8 Å². The van der Waals surface area contributed by atoms with E-state index in [1.165, 1.54) is 37.3 Å². The number of nitrogens with one attached hydrogen (secondary N) is 1. The molecular weight excluding hydrogens is 572 g/mol. The van der Waals surface area contributed by atoms with Gasteiger partial charge in [-0.3, -0.25) is 14.4 Å². The van der Waals surface area contributed by atoms with Gasteiger partial charge in [-0.2, -0.15) is 13.2 Å². The van der Waals surface area contributed by atoms with Crippen molar-refractivity contribution >= 4 is 17.7 Å². The molecule has 1 aromatic heterocycles. The molecule has 3 aliphatic rings. The Bertz CT molecular complexity index is 1670. The number of carbonyl (C=O) groups is 3. The Hall–Kier alpha value is -4.52. The van der Waals surface area contributed by atoms with Crippen LogP contribution < -0.4 is 15.8 Å². The van der Waals surface area contributed by atoms with Crippen LogP contribution in [0.25, 0.3) is 11.3 Å². The first-order valence-corrected chi connectivity index (χ1v) is 13.5. The lowest BCUT2D eigenvalue weighted by Gasteiger charge is -2.31. The van der Waals surface area contributed by atoms with E-state index < -0.39 is 47.1 Å². The highest BCUT2D eigenvalue weighted by atomic mass is 19.4. The minimum atomic E-state index is -5.35. The maximum Gasteiger partial charge on any atom is 0.424 e. The van der Waals surface area contributed by atoms with Gasteiger partial charge in [0, 0.05) is 34.8 Å². The van der Waals surface area contributed by atoms with Gasteiger partial charge in [-0.25, -0.2) is 9.37 Å². The summed E-state index contributed by atoms with van der Waals surface area (Å²) >= 11 is 0. The lowest BCUT2D eigenvalue weighted by Crippen LogP contribution is -2.51. The topological polar surface area (TPSA) is 135 Å². The van der Waals surface area contributed by atoms with Crippen molar-refractivity contribution in [3.8, 4) is 17.0 Å². The van der Waals surface area contributed by atoms with Crippen LogP contribution in [0.5, 0.6) is 5.75 Å². The second-order valence-corrected chi connectivity index (χ2v) is 11.3. The summed E-state index contributed by atoms with van der Waals surface area (Å²) < 4.78 is 63.2. The number of amides is 3. The number of hydrogen-bond acceptors (Lipinski definition) is 6. The van der Waals surface area contributed by atoms with Crippen molar-refractivity contribution in [2.45, 2.75) is 49.5 Å². The van der Waals surface area contributed by atoms with Gasteiger partial charge in [0.15, 0.2) is 0 Å². The van der Waals surface area contributed by atoms with Crippen molar-refractivity contribution in [2.75, 3.05) is 13.2 Å². The van der Waals surface area contributed by atoms with Crippen molar-refractivity contribution in [3.05, 3.63) is 82.3 Å². The fourth-order valence-electron chi connectivity index (χ4n) is 5.41. The van der Waals surface area contributed by atoms with Crippen LogP contribution >= 0.6 is 0 Å². The second kappa shape index (κ2) is 9.76. The molecule has 43 heavy (non-hydrogen) atoms. The third-order valence-corrected chi connectivity index (χ3v) is 8.32. The summed E-state index contributed by atoms with van der Waals surface area (Å²) in [5, 5.41) is 13.3. The maximum absolute atomic E-state index is 14.6. The maximum atomic E-state index is 14.6. The Morgan fingerprint density at radius 1 is 1.16 bits per heavy atom. The fraction of sp³-hybridized carbons (Fsp3) is 0.333. The van der Waals surface area contributed by atoms with Crippen LogP contribution in [-0.2, 0) is 22.4 Å². The Kier molecular flexibility index (Phi) is 6.49. The summed E-state index contributed by atoms with van der Waals surface area (Å²) in [6.45, 7) is 0.0641. The van der Waals surface area contributed by atoms with Crippen LogP contribution in [0.4, 0.5) is 17.6 Å². The van der Waals surface area contributed by atoms with Crippen molar-refractivity contribution in [3.63, 3.8) is 0 Å². The minimum absolute atomic E-state index is 0.0114. The molecule has 1 saturated carbocycles. The molecule has 3 aromatic rings. The summed E-state index contributed by atoms with van der Waals surface area (Å²) in [6.07, 6.45) is -3.56. The van der Waals surface area contributed by atoms with E-state index in [0.717, 1.165) is 31.0 Å². The molecule has 224 valence electrons. The number of nitrogens with two attached hydrogens (primary N) is 1. The molecule has 0 bridgehead atoms. The summed E-state index contributed by atoms with van der Waals surface area (Å²) in [7, 11) is 0. The Balaban J connectivity index is 1.36. The zero-order valence-corrected chi connectivity index (χ0v) is 22.8. The molecule has 9 nitrogen and oxygen atoms in total. The highest BCUT2D eigenvalue weighted by molar-refractivity contribution is 6.01. The molecule has 2 aromatic carbocycles. The molecule has 0 radical (unpaired) electrons. The van der Waals surface area contributed by atoms with Gasteiger partial charge in [-0.15, -0.1) is 0 Å². The number of primary amides is 1. The van der Waals surface area contributed by atoms with Gasteiger partial charge in [-0.05, 0) is 73.9 Å². The molecular formula is C30H26F4N4O5. The van der Waals surface area contributed by atoms with Crippen molar-refractivity contribution in [1.29, 1.82) is 0 Å². The number of ether oxygens (including phenoxy) is 1. The summed E-state index contributed by atoms with van der Waals surface area (Å²) in [6, 6.07) is 9.98. The minimum Gasteiger partial charge on any atom is -0.489 e. The van der Waals surface area contributed by atoms with Crippen molar-refractivity contribution < 1.29 is 41.8 Å². The third-order valence-electron chi connectivity index (χ3n) is 8.32. The number of fused-ring (bicyclic) bond motifs is 2. The van der Waals surface area contributed by atoms with Crippen LogP contribution in [0.1, 0.15) is 57.3 Å². The zero-order valence-electron chi connectivity index (χ0n) is 22.8. The van der Waals surface area contributed by atoms with E-state index in [9.17, 15) is 37.1 Å². The number of aliphatic hydroxyl groups is 1. The SMILES string of the molecule is C[C@]1(C(N)=O)COc2c1cc([C@@](O)(CNC(=O)c1ccc3c(c1)CN(C1CC1)C3=O)C(F)(F)F)nc2-c1ccc(F)cc1. The van der Waals surface area contributed by atoms with Gasteiger partial charge in [0.2, 0.25) is 11.5 Å². The van der Waals surface area contributed by atoms with E-state index in [1.807, 2.05) is 0 Å². The van der Waals surface area contributed by atoms with Crippen molar-refractivity contribution in [1.82, 2.24) is 15.2 Å². The summed E-state index contributed by atoms with van der Waals surface area (Å²) in [5.41, 5.74) is 0.369. The first-order valence-electron chi connectivity index (χ1n) is 13.5. The van der Waals surface area contributed by atoms with Crippen LogP contribution in [0.3, 0.4) is 0 Å². The van der Waals surface area contributed by atoms with Crippen LogP contribution in [-0.4, -0.2) is 58.1 Å². The molecule has 2 atom stereocenters. The molecule has 3 amide bonds. The van der Waals surface area contributed by atoms with E-state index in [4.69, 9.17) is 10.5 Å². The fourth-order valence-corrected chi connectivity index (χ4v) is 5.41. The highest BCUT2D eigenvalue weighted by Gasteiger charge is 2.57. The second-order valence-electron chi connectivity index (χ2n) is 11.3. The van der Waals surface area contributed by atoms with Gasteiger partial charge >= 0.3 is 6.18 Å². The lowest BCUT2D eigenvalue weighted by molar-refractivity contribution is -0.265. The predicted molar refractivity (Wildman–Crippen MR) is 143 cm³/mol. The van der Waals surface area contributed by atoms with Gasteiger partial charge in [0.1, 0.15) is 29.3 Å². The number of aromatic nitrogens is 1. The zero-order chi connectivity index (χ0) is 30.9. The quantitative estimate of drug-likeness (QED) is 0.358. The lowest BCUT2D eigenvalue weighted by atomic mass is 9.81. The Morgan fingerprint density at radius 2 is 1.86 bits per heavy atom. The molecule has 4 N–H and O–H groups in total. The van der Waals surface area contributed by atoms with Crippen LogP contribution in [0.2, 0.25) is 0 Å². The Labute approximate surface area is 242 Å². The van der Waals surface area contributed by atoms with E-state index in [0.29, 0.717) is 17.7 Å². The normalized spacial score (nSPS) is 20.7. The molecule has 0 spiro atoms. The largest absolute Gasteiger partial charge is 0.489 e. The van der Waals surface area contributed by atoms with Gasteiger partial charge in [-0.1, -0.05) is 0 Å². The Morgan fingerprint density at radius 3 is 2.49 bits per heavy atom. The number of rotatable bonds is 7. The smallest absolute Gasteiger partial charge is 0.424 e. The molecule has 6 rings (SSSR count). The molecule has 1 fully saturated rings. The first kappa shape index (κ1) is 28.6. The molecule has 0 unspecified atom stereocenters. The highest BCUT2D eigenvalue weighted by Crippen LogP contribution is 2.47. The molecule has 2 aliphatic heterocycles. The van der Waals surface area contributed by atoms with Crippen LogP contribution in [0.15, 0.2) is 48.5 Å². The number of alkyl halides is 3. The average molecular weight is 599 g/mol. The number of benzene rings is 2. The molecule has 0 saturated heterocycles. The standard InChI is InChI=1S/C30H26F4N4O5/c1-28(27(35)41)14-43-24-21(28)11-22(37-23(24)15-2-5-18(31)6-3-15)29(42,30(32,33)34)13-36-25(39)16-4-9-20-17(10-16)12-38(26(20)40)19-7-8-19/h2-6,9-11,19,42H,7-8,12-14H2,1H3,(H2,35,41)(H,36,39)/t28-,29-/m0/s1. The number of nitrogens with zero attached hydrogens (tertiary/aromatic N) is 2. The molecule has 1 aliphatic carbocycles. The molecule has 3 heterocycles. The third kappa shape index (κ3) is 4.67. The van der Waals surface area contributed by atoms with E-state index >= 15 is 0 Å². The molecule has 13 heteroatoms. The predicted octanol–water partition coefficient (Wildman–Crippen LogP) is 3.32. The number of pyridine rings is 1. The number of halogens is 4. The van der Waals surface area contributed by atoms with Crippen LogP contribution in [0, 0.1) is 5.82 Å². The monoisotopic (exact) mass is 598 g/mol. The van der Waals surface area contributed by atoms with Gasteiger partial charge in [0.05, 0.1) is 12.2 Å². The van der Waals surface area contributed by atoms with Gasteiger partial charge < -0.3 is 25.8 Å². The van der Waals surface area contributed by atoms with E-state index in [1.54, 1.807) is 4.90 Å². The summed E-state index contributed by atoms with van der Waals surface area (Å²) in [5.74, 6) is -2.58. The summed E-state index contributed by atoms with van der Waals surface area (Å²) in [4.78, 5) is 43.8. The number of hydrogen-bond donors (Lipinski definition) is 3. The van der Waals surface area contributed by atoms with E-state index in [2.05, 4.69) is 10.3 Å².